The lowest BCUT2D eigenvalue weighted by Gasteiger charge is -2.32. The van der Waals surface area contributed by atoms with Crippen LogP contribution >= 0.6 is 0 Å². The number of benzene rings is 3. The molecule has 2 aliphatic rings. The molecule has 1 aromatic heterocycles. The van der Waals surface area contributed by atoms with Gasteiger partial charge in [0.2, 0.25) is 12.7 Å². The minimum atomic E-state index is -0.224. The number of rotatable bonds is 6. The average Bonchev–Trinajstić information content (AvgIpc) is 3.42. The van der Waals surface area contributed by atoms with Gasteiger partial charge in [-0.15, -0.1) is 0 Å². The molecule has 8 heteroatoms. The van der Waals surface area contributed by atoms with Gasteiger partial charge in [0.1, 0.15) is 0 Å². The van der Waals surface area contributed by atoms with Gasteiger partial charge in [-0.1, -0.05) is 48.5 Å². The van der Waals surface area contributed by atoms with Crippen LogP contribution in [-0.4, -0.2) is 35.3 Å². The monoisotopic (exact) mass is 496 g/mol. The highest BCUT2D eigenvalue weighted by Gasteiger charge is 2.28. The van der Waals surface area contributed by atoms with Crippen molar-refractivity contribution in [3.63, 3.8) is 0 Å². The third-order valence-electron chi connectivity index (χ3n) is 7.01. The molecule has 0 spiro atoms. The van der Waals surface area contributed by atoms with Gasteiger partial charge in [-0.05, 0) is 48.2 Å². The van der Waals surface area contributed by atoms with E-state index in [2.05, 4.69) is 5.32 Å². The van der Waals surface area contributed by atoms with E-state index in [0.29, 0.717) is 37.7 Å². The predicted octanol–water partition coefficient (Wildman–Crippen LogP) is 3.71. The topological polar surface area (TPSA) is 85.7 Å². The first kappa shape index (κ1) is 23.1. The quantitative estimate of drug-likeness (QED) is 0.438. The highest BCUT2D eigenvalue weighted by Crippen LogP contribution is 2.32. The summed E-state index contributed by atoms with van der Waals surface area (Å²) >= 11 is 0. The van der Waals surface area contributed by atoms with E-state index in [4.69, 9.17) is 14.5 Å². The summed E-state index contributed by atoms with van der Waals surface area (Å²) in [7, 11) is 0. The smallest absolute Gasteiger partial charge is 0.294 e. The maximum Gasteiger partial charge on any atom is 0.294 e. The Morgan fingerprint density at radius 3 is 2.68 bits per heavy atom. The van der Waals surface area contributed by atoms with Gasteiger partial charge in [-0.2, -0.15) is 0 Å². The number of carbonyl (C=O) groups excluding carboxylic acids is 1. The molecule has 0 unspecified atom stereocenters. The van der Waals surface area contributed by atoms with Gasteiger partial charge in [0.05, 0.1) is 23.5 Å². The van der Waals surface area contributed by atoms with Gasteiger partial charge in [0.15, 0.2) is 17.3 Å². The van der Waals surface area contributed by atoms with Crippen LogP contribution in [0.2, 0.25) is 0 Å². The first-order valence-corrected chi connectivity index (χ1v) is 12.6. The Morgan fingerprint density at radius 2 is 1.78 bits per heavy atom. The summed E-state index contributed by atoms with van der Waals surface area (Å²) in [4.78, 5) is 33.5. The lowest BCUT2D eigenvalue weighted by Crippen LogP contribution is -2.45. The molecule has 2 aliphatic heterocycles. The van der Waals surface area contributed by atoms with Crippen LogP contribution in [0, 0.1) is 5.92 Å². The lowest BCUT2D eigenvalue weighted by atomic mass is 9.97. The molecule has 6 rings (SSSR count). The Labute approximate surface area is 214 Å². The first-order valence-electron chi connectivity index (χ1n) is 12.6. The minimum absolute atomic E-state index is 0.0206. The largest absolute Gasteiger partial charge is 0.454 e. The molecule has 4 aromatic rings. The average molecular weight is 497 g/mol. The molecule has 1 amide bonds. The van der Waals surface area contributed by atoms with Crippen molar-refractivity contribution in [1.82, 2.24) is 14.9 Å². The number of aromatic nitrogens is 2. The number of nitrogens with one attached hydrogen (secondary N) is 1. The van der Waals surface area contributed by atoms with Crippen molar-refractivity contribution in [3.8, 4) is 11.5 Å². The highest BCUT2D eigenvalue weighted by molar-refractivity contribution is 5.80. The van der Waals surface area contributed by atoms with E-state index in [1.54, 1.807) is 4.57 Å². The minimum Gasteiger partial charge on any atom is -0.454 e. The fourth-order valence-corrected chi connectivity index (χ4v) is 5.08. The summed E-state index contributed by atoms with van der Waals surface area (Å²) < 4.78 is 12.6. The summed E-state index contributed by atoms with van der Waals surface area (Å²) in [6.07, 6.45) is 1.59. The zero-order valence-electron chi connectivity index (χ0n) is 20.4. The number of hydrogen-bond acceptors (Lipinski definition) is 6. The second-order valence-corrected chi connectivity index (χ2v) is 9.49. The van der Waals surface area contributed by atoms with Crippen LogP contribution < -0.4 is 25.2 Å². The first-order chi connectivity index (χ1) is 18.2. The van der Waals surface area contributed by atoms with E-state index in [1.807, 2.05) is 77.7 Å². The number of piperidine rings is 1. The molecule has 0 bridgehead atoms. The number of nitrogens with zero attached hydrogens (tertiary/aromatic N) is 3. The van der Waals surface area contributed by atoms with Crippen molar-refractivity contribution in [2.24, 2.45) is 5.92 Å². The molecule has 37 heavy (non-hydrogen) atoms. The van der Waals surface area contributed by atoms with Gasteiger partial charge < -0.3 is 19.7 Å². The molecule has 1 atom stereocenters. The molecule has 1 fully saturated rings. The molecular formula is C29H28N4O4. The summed E-state index contributed by atoms with van der Waals surface area (Å²) in [5.74, 6) is 1.58. The molecule has 188 valence electrons. The van der Waals surface area contributed by atoms with E-state index < -0.39 is 0 Å². The van der Waals surface area contributed by atoms with Gasteiger partial charge >= 0.3 is 0 Å². The van der Waals surface area contributed by atoms with Crippen LogP contribution in [0.4, 0.5) is 5.82 Å². The molecule has 3 heterocycles. The third kappa shape index (κ3) is 4.74. The van der Waals surface area contributed by atoms with Gasteiger partial charge in [0, 0.05) is 19.6 Å². The number of hydrogen-bond donors (Lipinski definition) is 1. The Hall–Kier alpha value is -4.33. The van der Waals surface area contributed by atoms with Crippen LogP contribution in [0.15, 0.2) is 77.6 Å². The maximum absolute atomic E-state index is 13.7. The number of ether oxygens (including phenoxy) is 2. The van der Waals surface area contributed by atoms with E-state index in [9.17, 15) is 9.59 Å². The number of fused-ring (bicyclic) bond motifs is 2. The van der Waals surface area contributed by atoms with Gasteiger partial charge in [-0.3, -0.25) is 14.2 Å². The van der Waals surface area contributed by atoms with Crippen molar-refractivity contribution in [3.05, 3.63) is 94.3 Å². The number of anilines is 1. The number of para-hydroxylation sites is 2. The SMILES string of the molecule is O=C(NCc1ccc2c(c1)OCO2)[C@H]1CCCN(c2nc3ccccc3n(Cc3ccccc3)c2=O)C1. The van der Waals surface area contributed by atoms with E-state index >= 15 is 0 Å². The third-order valence-corrected chi connectivity index (χ3v) is 7.01. The van der Waals surface area contributed by atoms with Crippen LogP contribution in [0.1, 0.15) is 24.0 Å². The van der Waals surface area contributed by atoms with Crippen molar-refractivity contribution in [2.45, 2.75) is 25.9 Å². The van der Waals surface area contributed by atoms with Gasteiger partial charge in [-0.25, -0.2) is 4.98 Å². The summed E-state index contributed by atoms with van der Waals surface area (Å²) in [5.41, 5.74) is 3.43. The second-order valence-electron chi connectivity index (χ2n) is 9.49. The standard InChI is InChI=1S/C29H28N4O4/c34-28(30-16-21-12-13-25-26(15-21)37-19-36-25)22-9-6-14-32(18-22)27-29(35)33(17-20-7-2-1-3-8-20)24-11-5-4-10-23(24)31-27/h1-5,7-8,10-13,15,22H,6,9,14,16-19H2,(H,30,34)/t22-/m0/s1. The Kier molecular flexibility index (Phi) is 6.22. The lowest BCUT2D eigenvalue weighted by molar-refractivity contribution is -0.125. The van der Waals surface area contributed by atoms with Crippen molar-refractivity contribution in [2.75, 3.05) is 24.8 Å². The fourth-order valence-electron chi connectivity index (χ4n) is 5.08. The van der Waals surface area contributed by atoms with E-state index in [-0.39, 0.29) is 24.2 Å². The van der Waals surface area contributed by atoms with Crippen LogP contribution in [0.25, 0.3) is 11.0 Å². The zero-order valence-corrected chi connectivity index (χ0v) is 20.4. The molecule has 0 aliphatic carbocycles. The number of amides is 1. The van der Waals surface area contributed by atoms with E-state index in [0.717, 1.165) is 40.8 Å². The predicted molar refractivity (Wildman–Crippen MR) is 141 cm³/mol. The zero-order chi connectivity index (χ0) is 25.2. The molecular weight excluding hydrogens is 468 g/mol. The summed E-state index contributed by atoms with van der Waals surface area (Å²) in [5, 5.41) is 3.05. The van der Waals surface area contributed by atoms with E-state index in [1.165, 1.54) is 0 Å². The van der Waals surface area contributed by atoms with Crippen LogP contribution in [0.5, 0.6) is 11.5 Å². The molecule has 1 N–H and O–H groups in total. The fraction of sp³-hybridized carbons (Fsp3) is 0.276. The molecule has 1 saturated heterocycles. The van der Waals surface area contributed by atoms with Crippen LogP contribution in [-0.2, 0) is 17.9 Å². The number of carbonyl (C=O) groups is 1. The van der Waals surface area contributed by atoms with Crippen molar-refractivity contribution < 1.29 is 14.3 Å². The highest BCUT2D eigenvalue weighted by atomic mass is 16.7. The molecule has 0 radical (unpaired) electrons. The normalized spacial score (nSPS) is 16.6. The van der Waals surface area contributed by atoms with Crippen molar-refractivity contribution in [1.29, 1.82) is 0 Å². The Bertz CT molecular complexity index is 1500. The molecule has 0 saturated carbocycles. The Balaban J connectivity index is 1.21. The summed E-state index contributed by atoms with van der Waals surface area (Å²) in [6.45, 7) is 2.24. The Morgan fingerprint density at radius 1 is 0.973 bits per heavy atom. The summed E-state index contributed by atoms with van der Waals surface area (Å²) in [6, 6.07) is 23.3. The van der Waals surface area contributed by atoms with Gasteiger partial charge in [0.25, 0.3) is 5.56 Å². The maximum atomic E-state index is 13.7. The van der Waals surface area contributed by atoms with Crippen molar-refractivity contribution >= 4 is 22.8 Å². The molecule has 8 nitrogen and oxygen atoms in total. The second kappa shape index (κ2) is 9.97. The molecule has 3 aromatic carbocycles. The van der Waals surface area contributed by atoms with Crippen LogP contribution in [0.3, 0.4) is 0 Å².